The van der Waals surface area contributed by atoms with Gasteiger partial charge in [0.05, 0.1) is 11.0 Å². The van der Waals surface area contributed by atoms with Crippen LogP contribution in [0.4, 0.5) is 10.5 Å². The number of fused-ring (bicyclic) bond motifs is 1. The van der Waals surface area contributed by atoms with E-state index in [1.165, 1.54) is 0 Å². The topological polar surface area (TPSA) is 83.9 Å². The molecule has 2 aromatic heterocycles. The van der Waals surface area contributed by atoms with Crippen LogP contribution in [-0.2, 0) is 5.54 Å². The zero-order valence-electron chi connectivity index (χ0n) is 15.0. The number of carbonyl (C=O) groups is 1. The molecule has 136 valence electrons. The van der Waals surface area contributed by atoms with Gasteiger partial charge in [-0.25, -0.2) is 19.7 Å². The van der Waals surface area contributed by atoms with Crippen LogP contribution in [0, 0.1) is 0 Å². The van der Waals surface area contributed by atoms with Crippen molar-refractivity contribution in [1.82, 2.24) is 15.3 Å². The van der Waals surface area contributed by atoms with E-state index in [0.717, 1.165) is 28.1 Å². The lowest BCUT2D eigenvalue weighted by molar-refractivity contribution is -0.330. The van der Waals surface area contributed by atoms with E-state index < -0.39 is 5.54 Å². The summed E-state index contributed by atoms with van der Waals surface area (Å²) in [5, 5.41) is 7.90. The van der Waals surface area contributed by atoms with Gasteiger partial charge in [0.25, 0.3) is 0 Å². The molecule has 2 aromatic carbocycles. The van der Waals surface area contributed by atoms with Gasteiger partial charge in [0.2, 0.25) is 0 Å². The molecule has 0 spiro atoms. The fourth-order valence-electron chi connectivity index (χ4n) is 2.97. The van der Waals surface area contributed by atoms with Crippen molar-refractivity contribution in [3.63, 3.8) is 0 Å². The summed E-state index contributed by atoms with van der Waals surface area (Å²) in [5.74, 6) is 0.845. The van der Waals surface area contributed by atoms with Crippen molar-refractivity contribution < 1.29 is 9.78 Å². The molecule has 0 bridgehead atoms. The Morgan fingerprint density at radius 3 is 2.74 bits per heavy atom. The molecule has 0 saturated carbocycles. The highest BCUT2D eigenvalue weighted by atomic mass is 32.1. The Bertz CT molecular complexity index is 1070. The lowest BCUT2D eigenvalue weighted by Crippen LogP contribution is -2.43. The molecule has 0 atom stereocenters. The summed E-state index contributed by atoms with van der Waals surface area (Å²) in [6.45, 7) is 3.95. The van der Waals surface area contributed by atoms with Crippen LogP contribution in [0.15, 0.2) is 59.4 Å². The Labute approximate surface area is 160 Å². The molecule has 0 unspecified atom stereocenters. The fraction of sp³-hybridized carbons (Fsp3) is 0.150. The number of anilines is 1. The number of nitrogens with zero attached hydrogens (tertiary/aromatic N) is 1. The number of imidazole rings is 1. The molecule has 27 heavy (non-hydrogen) atoms. The van der Waals surface area contributed by atoms with Crippen molar-refractivity contribution in [2.45, 2.75) is 19.4 Å². The first-order chi connectivity index (χ1) is 13.0. The Balaban J connectivity index is 1.50. The molecular formula is C20H20N5OS+. The second-order valence-electron chi connectivity index (χ2n) is 6.83. The highest BCUT2D eigenvalue weighted by Crippen LogP contribution is 2.21. The molecule has 0 saturated heterocycles. The maximum Gasteiger partial charge on any atom is 0.319 e. The Kier molecular flexibility index (Phi) is 4.37. The summed E-state index contributed by atoms with van der Waals surface area (Å²) in [6, 6.07) is 15.3. The standard InChI is InChI=1S/C20H19N5OS/c1-20(2,13-6-4-3-5-7-13)25-19(26)22-14-8-9-15-16(10-14)24-18(23-15)17-11-27-12-21-17/h3-12H,1-2H3,(H,23,24)(H2,22,25,26)/p+1. The molecule has 7 heteroatoms. The van der Waals surface area contributed by atoms with Gasteiger partial charge in [0.15, 0.2) is 16.7 Å². The number of H-pyrrole nitrogens is 2. The minimum atomic E-state index is -0.479. The first-order valence-corrected chi connectivity index (χ1v) is 9.54. The minimum Gasteiger partial charge on any atom is -0.329 e. The Morgan fingerprint density at radius 2 is 2.00 bits per heavy atom. The number of aromatic nitrogens is 3. The number of amides is 2. The number of aromatic amines is 2. The van der Waals surface area contributed by atoms with E-state index in [0.29, 0.717) is 5.69 Å². The summed E-state index contributed by atoms with van der Waals surface area (Å²) < 4.78 is 0. The van der Waals surface area contributed by atoms with Gasteiger partial charge < -0.3 is 10.6 Å². The van der Waals surface area contributed by atoms with Crippen LogP contribution in [0.1, 0.15) is 19.4 Å². The van der Waals surface area contributed by atoms with Gasteiger partial charge in [-0.1, -0.05) is 30.3 Å². The molecule has 0 radical (unpaired) electrons. The molecule has 4 rings (SSSR count). The van der Waals surface area contributed by atoms with Crippen LogP contribution in [0.5, 0.6) is 0 Å². The molecule has 6 nitrogen and oxygen atoms in total. The molecule has 4 N–H and O–H groups in total. The summed E-state index contributed by atoms with van der Waals surface area (Å²) in [7, 11) is 0. The van der Waals surface area contributed by atoms with Crippen LogP contribution in [-0.4, -0.2) is 16.0 Å². The van der Waals surface area contributed by atoms with E-state index in [1.807, 2.05) is 67.8 Å². The predicted octanol–water partition coefficient (Wildman–Crippen LogP) is 4.16. The van der Waals surface area contributed by atoms with Gasteiger partial charge in [-0.15, -0.1) is 11.3 Å². The second kappa shape index (κ2) is 6.85. The predicted molar refractivity (Wildman–Crippen MR) is 108 cm³/mol. The number of carbonyl (C=O) groups excluding carboxylic acids is 1. The average Bonchev–Trinajstić information content (AvgIpc) is 3.31. The maximum atomic E-state index is 12.5. The number of thiazole rings is 1. The van der Waals surface area contributed by atoms with E-state index in [9.17, 15) is 4.79 Å². The fourth-order valence-corrected chi connectivity index (χ4v) is 3.52. The van der Waals surface area contributed by atoms with E-state index in [4.69, 9.17) is 0 Å². The van der Waals surface area contributed by atoms with Crippen LogP contribution in [0.3, 0.4) is 0 Å². The summed E-state index contributed by atoms with van der Waals surface area (Å²) in [4.78, 5) is 23.4. The number of benzene rings is 2. The molecule has 2 amide bonds. The van der Waals surface area contributed by atoms with Crippen molar-refractivity contribution in [1.29, 1.82) is 0 Å². The Morgan fingerprint density at radius 1 is 1.19 bits per heavy atom. The van der Waals surface area contributed by atoms with Gasteiger partial charge in [-0.05, 0) is 31.5 Å². The number of hydrogen-bond acceptors (Lipinski definition) is 3. The van der Waals surface area contributed by atoms with Gasteiger partial charge in [-0.3, -0.25) is 0 Å². The lowest BCUT2D eigenvalue weighted by Gasteiger charge is -2.27. The molecule has 0 fully saturated rings. The highest BCUT2D eigenvalue weighted by molar-refractivity contribution is 7.07. The van der Waals surface area contributed by atoms with Crippen molar-refractivity contribution in [2.24, 2.45) is 0 Å². The van der Waals surface area contributed by atoms with E-state index in [-0.39, 0.29) is 6.03 Å². The molecule has 0 aliphatic rings. The largest absolute Gasteiger partial charge is 0.329 e. The highest BCUT2D eigenvalue weighted by Gasteiger charge is 2.23. The van der Waals surface area contributed by atoms with Crippen LogP contribution in [0.25, 0.3) is 22.6 Å². The van der Waals surface area contributed by atoms with Crippen molar-refractivity contribution in [2.75, 3.05) is 5.32 Å². The third-order valence-corrected chi connectivity index (χ3v) is 4.99. The molecule has 2 heterocycles. The molecule has 0 aliphatic heterocycles. The molecular weight excluding hydrogens is 358 g/mol. The lowest BCUT2D eigenvalue weighted by atomic mass is 9.95. The number of nitrogens with one attached hydrogen (secondary N) is 4. The molecule has 0 aliphatic carbocycles. The van der Waals surface area contributed by atoms with Gasteiger partial charge in [-0.2, -0.15) is 0 Å². The third-order valence-electron chi connectivity index (χ3n) is 4.41. The SMILES string of the molecule is CC(C)(NC(=O)Nc1ccc2[nH+]c(-c3cscn3)[nH]c2c1)c1ccccc1. The van der Waals surface area contributed by atoms with Crippen molar-refractivity contribution >= 4 is 34.1 Å². The minimum absolute atomic E-state index is 0.251. The first kappa shape index (κ1) is 17.2. The summed E-state index contributed by atoms with van der Waals surface area (Å²) in [5.41, 5.74) is 5.79. The average molecular weight is 378 g/mol. The van der Waals surface area contributed by atoms with E-state index >= 15 is 0 Å². The number of hydrogen-bond donors (Lipinski definition) is 3. The smallest absolute Gasteiger partial charge is 0.319 e. The third kappa shape index (κ3) is 3.68. The normalized spacial score (nSPS) is 11.5. The maximum absolute atomic E-state index is 12.5. The summed E-state index contributed by atoms with van der Waals surface area (Å²) in [6.07, 6.45) is 0. The monoisotopic (exact) mass is 378 g/mol. The van der Waals surface area contributed by atoms with Crippen LogP contribution < -0.4 is 15.6 Å². The van der Waals surface area contributed by atoms with Gasteiger partial charge >= 0.3 is 11.9 Å². The second-order valence-corrected chi connectivity index (χ2v) is 7.55. The quantitative estimate of drug-likeness (QED) is 0.498. The summed E-state index contributed by atoms with van der Waals surface area (Å²) >= 11 is 1.54. The van der Waals surface area contributed by atoms with E-state index in [1.54, 1.807) is 16.8 Å². The molecule has 4 aromatic rings. The van der Waals surface area contributed by atoms with Crippen molar-refractivity contribution in [3.8, 4) is 11.5 Å². The van der Waals surface area contributed by atoms with Crippen LogP contribution in [0.2, 0.25) is 0 Å². The van der Waals surface area contributed by atoms with Crippen molar-refractivity contribution in [3.05, 3.63) is 65.0 Å². The van der Waals surface area contributed by atoms with Crippen LogP contribution >= 0.6 is 11.3 Å². The number of rotatable bonds is 4. The Hall–Kier alpha value is -3.19. The zero-order chi connectivity index (χ0) is 18.9. The first-order valence-electron chi connectivity index (χ1n) is 8.59. The van der Waals surface area contributed by atoms with E-state index in [2.05, 4.69) is 25.6 Å². The number of urea groups is 1. The van der Waals surface area contributed by atoms with Gasteiger partial charge in [0, 0.05) is 17.1 Å². The van der Waals surface area contributed by atoms with Gasteiger partial charge in [0.1, 0.15) is 0 Å². The zero-order valence-corrected chi connectivity index (χ0v) is 15.9.